The Hall–Kier alpha value is -2.87. The summed E-state index contributed by atoms with van der Waals surface area (Å²) in [5.41, 5.74) is 4.83. The Kier molecular flexibility index (Phi) is 3.98. The van der Waals surface area contributed by atoms with Crippen molar-refractivity contribution in [3.05, 3.63) is 52.7 Å². The normalized spacial score (nSPS) is 22.6. The zero-order valence-electron chi connectivity index (χ0n) is 12.9. The topological polar surface area (TPSA) is 130 Å². The van der Waals surface area contributed by atoms with Crippen molar-refractivity contribution in [2.45, 2.75) is 18.4 Å². The maximum Gasteiger partial charge on any atom is 0.330 e. The number of carbonyl (C=O) groups is 2. The summed E-state index contributed by atoms with van der Waals surface area (Å²) in [4.78, 5) is 38.4. The summed E-state index contributed by atoms with van der Waals surface area (Å²) in [5.74, 6) is -1.10. The molecule has 2 aromatic rings. The molecule has 0 aliphatic heterocycles. The van der Waals surface area contributed by atoms with Crippen LogP contribution in [0.5, 0.6) is 0 Å². The maximum absolute atomic E-state index is 12.5. The van der Waals surface area contributed by atoms with Gasteiger partial charge in [0, 0.05) is 24.6 Å². The highest BCUT2D eigenvalue weighted by Gasteiger charge is 2.49. The Balaban J connectivity index is 1.82. The average Bonchev–Trinajstić information content (AvgIpc) is 2.96. The summed E-state index contributed by atoms with van der Waals surface area (Å²) >= 11 is 0. The van der Waals surface area contributed by atoms with Crippen LogP contribution in [-0.4, -0.2) is 38.6 Å². The number of aliphatic hydroxyl groups excluding tert-OH is 1. The van der Waals surface area contributed by atoms with Crippen molar-refractivity contribution in [2.24, 2.45) is 11.7 Å². The van der Waals surface area contributed by atoms with Crippen LogP contribution in [0.3, 0.4) is 0 Å². The number of nitrogens with zero attached hydrogens (tertiary/aromatic N) is 1. The Morgan fingerprint density at radius 2 is 2.17 bits per heavy atom. The number of imidazole rings is 1. The smallest absolute Gasteiger partial charge is 0.330 e. The molecule has 1 heterocycles. The number of aromatic nitrogens is 2. The zero-order valence-corrected chi connectivity index (χ0v) is 12.9. The number of aliphatic hydroxyl groups is 1. The van der Waals surface area contributed by atoms with Gasteiger partial charge in [-0.3, -0.25) is 14.2 Å². The first-order valence-electron chi connectivity index (χ1n) is 7.55. The summed E-state index contributed by atoms with van der Waals surface area (Å²) in [6.07, 6.45) is 3.70. The van der Waals surface area contributed by atoms with Crippen LogP contribution in [0.1, 0.15) is 23.2 Å². The van der Waals surface area contributed by atoms with Gasteiger partial charge in [0.05, 0.1) is 5.69 Å². The lowest BCUT2D eigenvalue weighted by Crippen LogP contribution is -2.65. The number of rotatable bonds is 5. The lowest BCUT2D eigenvalue weighted by Gasteiger charge is -2.45. The van der Waals surface area contributed by atoms with E-state index in [1.54, 1.807) is 30.5 Å². The molecule has 1 aliphatic carbocycles. The van der Waals surface area contributed by atoms with Gasteiger partial charge in [-0.15, -0.1) is 0 Å². The fourth-order valence-corrected chi connectivity index (χ4v) is 3.03. The van der Waals surface area contributed by atoms with E-state index in [1.807, 2.05) is 0 Å². The summed E-state index contributed by atoms with van der Waals surface area (Å²) in [7, 11) is 0. The van der Waals surface area contributed by atoms with Gasteiger partial charge in [-0.2, -0.15) is 0 Å². The van der Waals surface area contributed by atoms with Crippen molar-refractivity contribution in [1.82, 2.24) is 14.9 Å². The molecule has 24 heavy (non-hydrogen) atoms. The second kappa shape index (κ2) is 5.97. The minimum absolute atomic E-state index is 0.0393. The number of aromatic amines is 1. The molecule has 2 amide bonds. The number of nitrogens with two attached hydrogens (primary N) is 1. The van der Waals surface area contributed by atoms with Crippen LogP contribution in [0.2, 0.25) is 0 Å². The molecule has 0 saturated heterocycles. The lowest BCUT2D eigenvalue weighted by atomic mass is 9.68. The number of hydrogen-bond acceptors (Lipinski definition) is 4. The molecule has 0 atom stereocenters. The Labute approximate surface area is 137 Å². The second-order valence-corrected chi connectivity index (χ2v) is 6.04. The first-order chi connectivity index (χ1) is 11.4. The van der Waals surface area contributed by atoms with Gasteiger partial charge in [0.1, 0.15) is 5.54 Å². The predicted octanol–water partition coefficient (Wildman–Crippen LogP) is -0.478. The molecule has 126 valence electrons. The molecule has 0 bridgehead atoms. The van der Waals surface area contributed by atoms with E-state index in [0.29, 0.717) is 24.1 Å². The molecule has 1 saturated carbocycles. The molecule has 0 unspecified atom stereocenters. The van der Waals surface area contributed by atoms with Crippen LogP contribution in [-0.2, 0) is 4.79 Å². The van der Waals surface area contributed by atoms with Crippen molar-refractivity contribution >= 4 is 11.8 Å². The molecule has 1 aromatic heterocycles. The third-order valence-electron chi connectivity index (χ3n) is 4.39. The van der Waals surface area contributed by atoms with E-state index in [2.05, 4.69) is 10.3 Å². The third kappa shape index (κ3) is 2.71. The van der Waals surface area contributed by atoms with Crippen LogP contribution in [0.4, 0.5) is 0 Å². The number of nitrogens with one attached hydrogen (secondary N) is 2. The highest BCUT2D eigenvalue weighted by molar-refractivity contribution is 5.99. The molecule has 8 nitrogen and oxygen atoms in total. The van der Waals surface area contributed by atoms with Gasteiger partial charge in [0.2, 0.25) is 5.91 Å². The molecule has 1 aliphatic rings. The maximum atomic E-state index is 12.5. The molecule has 5 N–H and O–H groups in total. The minimum atomic E-state index is -1.12. The van der Waals surface area contributed by atoms with Crippen LogP contribution in [0.25, 0.3) is 5.69 Å². The summed E-state index contributed by atoms with van der Waals surface area (Å²) in [6, 6.07) is 6.49. The number of primary amides is 1. The summed E-state index contributed by atoms with van der Waals surface area (Å²) < 4.78 is 1.37. The van der Waals surface area contributed by atoms with Crippen molar-refractivity contribution in [1.29, 1.82) is 0 Å². The summed E-state index contributed by atoms with van der Waals surface area (Å²) in [6.45, 7) is -0.0448. The van der Waals surface area contributed by atoms with Crippen LogP contribution in [0.15, 0.2) is 41.5 Å². The van der Waals surface area contributed by atoms with E-state index in [1.165, 1.54) is 10.8 Å². The van der Waals surface area contributed by atoms with Gasteiger partial charge in [-0.05, 0) is 37.0 Å². The second-order valence-electron chi connectivity index (χ2n) is 6.04. The lowest BCUT2D eigenvalue weighted by molar-refractivity contribution is -0.130. The van der Waals surface area contributed by atoms with Crippen LogP contribution < -0.4 is 16.7 Å². The van der Waals surface area contributed by atoms with E-state index in [-0.39, 0.29) is 18.2 Å². The van der Waals surface area contributed by atoms with Gasteiger partial charge < -0.3 is 21.1 Å². The van der Waals surface area contributed by atoms with Gasteiger partial charge in [-0.1, -0.05) is 6.07 Å². The van der Waals surface area contributed by atoms with E-state index < -0.39 is 17.4 Å². The van der Waals surface area contributed by atoms with E-state index in [0.717, 1.165) is 0 Å². The molecule has 1 aromatic carbocycles. The SMILES string of the molecule is NC(=O)C1(NC(=O)c2cccc(-n3cc[nH]c3=O)c2)CC(CO)C1. The van der Waals surface area contributed by atoms with Gasteiger partial charge >= 0.3 is 5.69 Å². The first kappa shape index (κ1) is 16.0. The van der Waals surface area contributed by atoms with Gasteiger partial charge in [0.15, 0.2) is 0 Å². The van der Waals surface area contributed by atoms with E-state index in [4.69, 9.17) is 10.8 Å². The molecular formula is C16H18N4O4. The van der Waals surface area contributed by atoms with Gasteiger partial charge in [0.25, 0.3) is 5.91 Å². The number of amides is 2. The quantitative estimate of drug-likeness (QED) is 0.590. The standard InChI is InChI=1S/C16H18N4O4/c17-14(23)16(7-10(8-16)9-21)19-13(22)11-2-1-3-12(6-11)20-5-4-18-15(20)24/h1-6,10,21H,7-9H2,(H2,17,23)(H,18,24)(H,19,22). The van der Waals surface area contributed by atoms with Crippen LogP contribution >= 0.6 is 0 Å². The van der Waals surface area contributed by atoms with Crippen molar-refractivity contribution in [3.8, 4) is 5.69 Å². The number of benzene rings is 1. The molecular weight excluding hydrogens is 312 g/mol. The Morgan fingerprint density at radius 3 is 2.75 bits per heavy atom. The van der Waals surface area contributed by atoms with Crippen molar-refractivity contribution < 1.29 is 14.7 Å². The van der Waals surface area contributed by atoms with E-state index >= 15 is 0 Å². The molecule has 0 radical (unpaired) electrons. The number of carbonyl (C=O) groups excluding carboxylic acids is 2. The highest BCUT2D eigenvalue weighted by Crippen LogP contribution is 2.37. The molecule has 3 rings (SSSR count). The molecule has 1 fully saturated rings. The van der Waals surface area contributed by atoms with Crippen molar-refractivity contribution in [3.63, 3.8) is 0 Å². The number of hydrogen-bond donors (Lipinski definition) is 4. The van der Waals surface area contributed by atoms with Gasteiger partial charge in [-0.25, -0.2) is 4.79 Å². The number of H-pyrrole nitrogens is 1. The third-order valence-corrected chi connectivity index (χ3v) is 4.39. The molecule has 8 heteroatoms. The first-order valence-corrected chi connectivity index (χ1v) is 7.55. The van der Waals surface area contributed by atoms with Crippen molar-refractivity contribution in [2.75, 3.05) is 6.61 Å². The highest BCUT2D eigenvalue weighted by atomic mass is 16.3. The fourth-order valence-electron chi connectivity index (χ4n) is 3.03. The fraction of sp³-hybridized carbons (Fsp3) is 0.312. The summed E-state index contributed by atoms with van der Waals surface area (Å²) in [5, 5.41) is 11.8. The largest absolute Gasteiger partial charge is 0.396 e. The molecule has 0 spiro atoms. The predicted molar refractivity (Wildman–Crippen MR) is 85.6 cm³/mol. The average molecular weight is 330 g/mol. The van der Waals surface area contributed by atoms with E-state index in [9.17, 15) is 14.4 Å². The van der Waals surface area contributed by atoms with Crippen LogP contribution in [0, 0.1) is 5.92 Å². The Bertz CT molecular complexity index is 832. The monoisotopic (exact) mass is 330 g/mol. The Morgan fingerprint density at radius 1 is 1.42 bits per heavy atom. The minimum Gasteiger partial charge on any atom is -0.396 e. The zero-order chi connectivity index (χ0) is 17.3.